The number of hydrogen-bond acceptors (Lipinski definition) is 5. The number of anilines is 2. The summed E-state index contributed by atoms with van der Waals surface area (Å²) in [7, 11) is 1.53. The van der Waals surface area contributed by atoms with Gasteiger partial charge in [0.05, 0.1) is 17.4 Å². The second-order valence-electron chi connectivity index (χ2n) is 6.78. The van der Waals surface area contributed by atoms with E-state index in [1.807, 2.05) is 43.3 Å². The summed E-state index contributed by atoms with van der Waals surface area (Å²) in [4.78, 5) is 25.6. The Bertz CT molecular complexity index is 1080. The van der Waals surface area contributed by atoms with Crippen molar-refractivity contribution in [1.82, 2.24) is 0 Å². The smallest absolute Gasteiger partial charge is 0.262 e. The molecule has 32 heavy (non-hydrogen) atoms. The molecule has 0 aliphatic rings. The van der Waals surface area contributed by atoms with Crippen LogP contribution in [-0.2, 0) is 9.59 Å². The third-order valence-corrected chi connectivity index (χ3v) is 5.72. The van der Waals surface area contributed by atoms with Gasteiger partial charge in [0.1, 0.15) is 11.5 Å². The summed E-state index contributed by atoms with van der Waals surface area (Å²) in [5.41, 5.74) is 1.22. The topological polar surface area (TPSA) is 76.7 Å². The molecule has 1 atom stereocenters. The van der Waals surface area contributed by atoms with Crippen LogP contribution in [0.15, 0.2) is 77.7 Å². The van der Waals surface area contributed by atoms with Gasteiger partial charge in [-0.15, -0.1) is 11.8 Å². The number of halogens is 1. The lowest BCUT2D eigenvalue weighted by atomic mass is 10.3. The van der Waals surface area contributed by atoms with Crippen molar-refractivity contribution in [2.24, 2.45) is 0 Å². The maximum Gasteiger partial charge on any atom is 0.262 e. The molecule has 1 unspecified atom stereocenters. The van der Waals surface area contributed by atoms with E-state index in [1.54, 1.807) is 36.4 Å². The quantitative estimate of drug-likeness (QED) is 0.404. The van der Waals surface area contributed by atoms with Gasteiger partial charge in [0.25, 0.3) is 5.91 Å². The average Bonchev–Trinajstić information content (AvgIpc) is 2.79. The molecular formula is C24H23ClN2O4S. The molecule has 0 aliphatic heterocycles. The van der Waals surface area contributed by atoms with Gasteiger partial charge in [-0.3, -0.25) is 9.59 Å². The Morgan fingerprint density at radius 3 is 2.44 bits per heavy atom. The normalized spacial score (nSPS) is 11.3. The van der Waals surface area contributed by atoms with Crippen LogP contribution in [-0.4, -0.2) is 30.8 Å². The zero-order valence-corrected chi connectivity index (χ0v) is 19.2. The molecule has 0 spiro atoms. The van der Waals surface area contributed by atoms with Crippen molar-refractivity contribution >= 4 is 46.6 Å². The van der Waals surface area contributed by atoms with Crippen LogP contribution in [0.25, 0.3) is 0 Å². The minimum absolute atomic E-state index is 0.0926. The number of benzene rings is 3. The number of carbonyl (C=O) groups excluding carboxylic acids is 2. The molecule has 2 N–H and O–H groups in total. The van der Waals surface area contributed by atoms with Crippen molar-refractivity contribution in [1.29, 1.82) is 0 Å². The van der Waals surface area contributed by atoms with Gasteiger partial charge in [-0.05, 0) is 55.5 Å². The zero-order valence-electron chi connectivity index (χ0n) is 17.6. The first-order valence-electron chi connectivity index (χ1n) is 9.83. The van der Waals surface area contributed by atoms with E-state index in [2.05, 4.69) is 10.6 Å². The van der Waals surface area contributed by atoms with E-state index < -0.39 is 0 Å². The van der Waals surface area contributed by atoms with Crippen LogP contribution in [0.5, 0.6) is 11.5 Å². The van der Waals surface area contributed by atoms with E-state index in [9.17, 15) is 9.59 Å². The summed E-state index contributed by atoms with van der Waals surface area (Å²) in [5.74, 6) is 0.741. The molecule has 0 bridgehead atoms. The number of rotatable bonds is 9. The minimum Gasteiger partial charge on any atom is -0.495 e. The standard InChI is InChI=1S/C24H23ClN2O4S/c1-16(24(29)27-18-11-12-22(30-2)21(25)14-18)32-20-10-6-7-17(13-20)26-23(28)15-31-19-8-4-3-5-9-19/h3-14,16H,15H2,1-2H3,(H,26,28)(H,27,29). The Kier molecular flexibility index (Phi) is 8.41. The lowest BCUT2D eigenvalue weighted by molar-refractivity contribution is -0.118. The van der Waals surface area contributed by atoms with E-state index >= 15 is 0 Å². The van der Waals surface area contributed by atoms with Crippen LogP contribution in [0.3, 0.4) is 0 Å². The molecule has 166 valence electrons. The minimum atomic E-state index is -0.372. The molecule has 6 nitrogen and oxygen atoms in total. The molecule has 8 heteroatoms. The van der Waals surface area contributed by atoms with Gasteiger partial charge in [-0.2, -0.15) is 0 Å². The molecule has 2 amide bonds. The van der Waals surface area contributed by atoms with Gasteiger partial charge in [0, 0.05) is 16.3 Å². The molecular weight excluding hydrogens is 448 g/mol. The van der Waals surface area contributed by atoms with Gasteiger partial charge in [-0.25, -0.2) is 0 Å². The van der Waals surface area contributed by atoms with Gasteiger partial charge in [0.2, 0.25) is 5.91 Å². The number of nitrogens with one attached hydrogen (secondary N) is 2. The van der Waals surface area contributed by atoms with E-state index in [0.29, 0.717) is 27.9 Å². The molecule has 0 saturated carbocycles. The Labute approximate surface area is 196 Å². The highest BCUT2D eigenvalue weighted by atomic mass is 35.5. The van der Waals surface area contributed by atoms with Crippen LogP contribution in [0, 0.1) is 0 Å². The average molecular weight is 471 g/mol. The number of hydrogen-bond donors (Lipinski definition) is 2. The third kappa shape index (κ3) is 6.93. The Morgan fingerprint density at radius 2 is 1.72 bits per heavy atom. The third-order valence-electron chi connectivity index (χ3n) is 4.33. The lowest BCUT2D eigenvalue weighted by Gasteiger charge is -2.14. The first-order valence-corrected chi connectivity index (χ1v) is 11.1. The summed E-state index contributed by atoms with van der Waals surface area (Å²) in [5, 5.41) is 5.70. The van der Waals surface area contributed by atoms with Gasteiger partial charge >= 0.3 is 0 Å². The maximum absolute atomic E-state index is 12.6. The number of ether oxygens (including phenoxy) is 2. The summed E-state index contributed by atoms with van der Waals surface area (Å²) < 4.78 is 10.6. The molecule has 0 aliphatic carbocycles. The summed E-state index contributed by atoms with van der Waals surface area (Å²) in [6.45, 7) is 1.72. The Morgan fingerprint density at radius 1 is 0.969 bits per heavy atom. The number of amides is 2. The van der Waals surface area contributed by atoms with Crippen LogP contribution in [0.4, 0.5) is 11.4 Å². The van der Waals surface area contributed by atoms with Crippen LogP contribution < -0.4 is 20.1 Å². The number of methoxy groups -OCH3 is 1. The first kappa shape index (κ1) is 23.5. The molecule has 0 saturated heterocycles. The van der Waals surface area contributed by atoms with E-state index in [4.69, 9.17) is 21.1 Å². The van der Waals surface area contributed by atoms with Crippen molar-refractivity contribution in [2.75, 3.05) is 24.4 Å². The summed E-state index contributed by atoms with van der Waals surface area (Å²) >= 11 is 7.50. The van der Waals surface area contributed by atoms with E-state index in [0.717, 1.165) is 4.90 Å². The zero-order chi connectivity index (χ0) is 22.9. The SMILES string of the molecule is COc1ccc(NC(=O)C(C)Sc2cccc(NC(=O)COc3ccccc3)c2)cc1Cl. The molecule has 0 aromatic heterocycles. The van der Waals surface area contributed by atoms with E-state index in [-0.39, 0.29) is 23.7 Å². The predicted molar refractivity (Wildman–Crippen MR) is 129 cm³/mol. The number of thioether (sulfide) groups is 1. The fourth-order valence-corrected chi connectivity index (χ4v) is 3.94. The fraction of sp³-hybridized carbons (Fsp3) is 0.167. The van der Waals surface area contributed by atoms with Gasteiger partial charge < -0.3 is 20.1 Å². The van der Waals surface area contributed by atoms with Crippen LogP contribution >= 0.6 is 23.4 Å². The molecule has 3 aromatic rings. The number of carbonyl (C=O) groups is 2. The van der Waals surface area contributed by atoms with Crippen molar-refractivity contribution in [2.45, 2.75) is 17.1 Å². The largest absolute Gasteiger partial charge is 0.495 e. The maximum atomic E-state index is 12.6. The second kappa shape index (κ2) is 11.5. The monoisotopic (exact) mass is 470 g/mol. The molecule has 0 heterocycles. The predicted octanol–water partition coefficient (Wildman–Crippen LogP) is 5.49. The first-order chi connectivity index (χ1) is 15.4. The summed E-state index contributed by atoms with van der Waals surface area (Å²) in [6.07, 6.45) is 0. The van der Waals surface area contributed by atoms with Crippen molar-refractivity contribution < 1.29 is 19.1 Å². The van der Waals surface area contributed by atoms with Crippen molar-refractivity contribution in [3.8, 4) is 11.5 Å². The van der Waals surface area contributed by atoms with Crippen molar-refractivity contribution in [3.05, 3.63) is 77.8 Å². The van der Waals surface area contributed by atoms with Crippen LogP contribution in [0.2, 0.25) is 5.02 Å². The Balaban J connectivity index is 1.53. The molecule has 3 aromatic carbocycles. The van der Waals surface area contributed by atoms with Crippen LogP contribution in [0.1, 0.15) is 6.92 Å². The molecule has 3 rings (SSSR count). The van der Waals surface area contributed by atoms with E-state index in [1.165, 1.54) is 18.9 Å². The van der Waals surface area contributed by atoms with Crippen molar-refractivity contribution in [3.63, 3.8) is 0 Å². The van der Waals surface area contributed by atoms with Gasteiger partial charge in [0.15, 0.2) is 6.61 Å². The second-order valence-corrected chi connectivity index (χ2v) is 8.60. The lowest BCUT2D eigenvalue weighted by Crippen LogP contribution is -2.22. The highest BCUT2D eigenvalue weighted by molar-refractivity contribution is 8.00. The highest BCUT2D eigenvalue weighted by Gasteiger charge is 2.16. The molecule has 0 fully saturated rings. The highest BCUT2D eigenvalue weighted by Crippen LogP contribution is 2.29. The number of para-hydroxylation sites is 1. The Hall–Kier alpha value is -3.16. The fourth-order valence-electron chi connectivity index (χ4n) is 2.76. The molecule has 0 radical (unpaired) electrons. The van der Waals surface area contributed by atoms with Gasteiger partial charge in [-0.1, -0.05) is 35.9 Å². The summed E-state index contributed by atoms with van der Waals surface area (Å²) in [6, 6.07) is 21.5.